The first-order chi connectivity index (χ1) is 22.4. The van der Waals surface area contributed by atoms with Crippen molar-refractivity contribution >= 4 is 19.0 Å². The number of hydrogen-bond acceptors (Lipinski definition) is 1. The van der Waals surface area contributed by atoms with Gasteiger partial charge in [-0.3, -0.25) is 4.79 Å². The molecule has 240 valence electrons. The van der Waals surface area contributed by atoms with Crippen molar-refractivity contribution in [3.8, 4) is 22.3 Å². The van der Waals surface area contributed by atoms with Crippen LogP contribution in [0.4, 0.5) is 0 Å². The third-order valence-electron chi connectivity index (χ3n) is 9.93. The van der Waals surface area contributed by atoms with Gasteiger partial charge < -0.3 is 0 Å². The number of rotatable bonds is 5. The molecule has 1 saturated heterocycles. The molecule has 0 amide bonds. The number of ketones is 1. The van der Waals surface area contributed by atoms with Crippen molar-refractivity contribution < 1.29 is 4.79 Å². The maximum atomic E-state index is 14.2. The van der Waals surface area contributed by atoms with Gasteiger partial charge >= 0.3 is 0 Å². The molecule has 2 atom stereocenters. The van der Waals surface area contributed by atoms with E-state index in [4.69, 9.17) is 0 Å². The fraction of sp³-hybridized carbons (Fsp3) is 0.311. The van der Waals surface area contributed by atoms with Gasteiger partial charge in [-0.1, -0.05) is 165 Å². The number of aryl methyl sites for hydroxylation is 2. The van der Waals surface area contributed by atoms with Crippen LogP contribution in [0.15, 0.2) is 115 Å². The minimum Gasteiger partial charge on any atom is -0.300 e. The van der Waals surface area contributed by atoms with Crippen molar-refractivity contribution in [1.82, 2.24) is 0 Å². The SMILES string of the molecule is Cc1ccccc1-c1cccc(-c2ccccc2C)c1P1C(c2ccccc2C(C)(C)C)CC(=O)CC1c1ccccc1C(C)(C)C. The van der Waals surface area contributed by atoms with E-state index in [-0.39, 0.29) is 22.1 Å². The molecule has 0 saturated carbocycles. The number of carbonyl (C=O) groups excluding carboxylic acids is 1. The first kappa shape index (κ1) is 33.1. The monoisotopic (exact) mass is 636 g/mol. The van der Waals surface area contributed by atoms with Gasteiger partial charge in [0.05, 0.1) is 0 Å². The van der Waals surface area contributed by atoms with Crippen LogP contribution >= 0.6 is 7.92 Å². The van der Waals surface area contributed by atoms with E-state index in [9.17, 15) is 4.79 Å². The molecule has 1 fully saturated rings. The zero-order valence-electron chi connectivity index (χ0n) is 29.4. The maximum absolute atomic E-state index is 14.2. The van der Waals surface area contributed by atoms with Crippen LogP contribution in [0, 0.1) is 13.8 Å². The van der Waals surface area contributed by atoms with E-state index in [1.807, 2.05) is 0 Å². The Morgan fingerprint density at radius 1 is 0.489 bits per heavy atom. The molecule has 0 N–H and O–H groups in total. The second-order valence-corrected chi connectivity index (χ2v) is 17.9. The molecule has 2 unspecified atom stereocenters. The second kappa shape index (κ2) is 13.0. The molecule has 1 heterocycles. The van der Waals surface area contributed by atoms with E-state index in [1.54, 1.807) is 0 Å². The molecule has 6 rings (SSSR count). The normalized spacial score (nSPS) is 18.7. The van der Waals surface area contributed by atoms with Crippen LogP contribution in [-0.4, -0.2) is 5.78 Å². The molecular formula is C45H49OP. The Hall–Kier alpha value is -3.80. The van der Waals surface area contributed by atoms with E-state index < -0.39 is 7.92 Å². The molecule has 0 radical (unpaired) electrons. The highest BCUT2D eigenvalue weighted by Crippen LogP contribution is 2.69. The Kier molecular flexibility index (Phi) is 9.17. The molecule has 0 aromatic heterocycles. The zero-order valence-corrected chi connectivity index (χ0v) is 30.3. The van der Waals surface area contributed by atoms with Gasteiger partial charge in [-0.25, -0.2) is 0 Å². The molecule has 0 bridgehead atoms. The maximum Gasteiger partial charge on any atom is 0.134 e. The van der Waals surface area contributed by atoms with Crippen LogP contribution in [0.3, 0.4) is 0 Å². The Labute approximate surface area is 284 Å². The lowest BCUT2D eigenvalue weighted by molar-refractivity contribution is -0.119. The topological polar surface area (TPSA) is 17.1 Å². The first-order valence-electron chi connectivity index (χ1n) is 17.1. The average molecular weight is 637 g/mol. The molecule has 1 aliphatic rings. The van der Waals surface area contributed by atoms with Crippen LogP contribution in [0.1, 0.15) is 99.1 Å². The van der Waals surface area contributed by atoms with Gasteiger partial charge in [-0.15, -0.1) is 0 Å². The fourth-order valence-corrected chi connectivity index (χ4v) is 11.6. The summed E-state index contributed by atoms with van der Waals surface area (Å²) in [7, 11) is -0.934. The van der Waals surface area contributed by atoms with Crippen molar-refractivity contribution in [3.05, 3.63) is 149 Å². The smallest absolute Gasteiger partial charge is 0.134 e. The number of carbonyl (C=O) groups is 1. The summed E-state index contributed by atoms with van der Waals surface area (Å²) in [5.74, 6) is 0.372. The van der Waals surface area contributed by atoms with E-state index in [0.29, 0.717) is 18.6 Å². The number of hydrogen-bond donors (Lipinski definition) is 0. The van der Waals surface area contributed by atoms with E-state index >= 15 is 0 Å². The highest BCUT2D eigenvalue weighted by Gasteiger charge is 2.44. The minimum absolute atomic E-state index is 0.0503. The average Bonchev–Trinajstić information content (AvgIpc) is 3.04. The van der Waals surface area contributed by atoms with Gasteiger partial charge in [-0.2, -0.15) is 0 Å². The van der Waals surface area contributed by atoms with E-state index in [2.05, 4.69) is 171 Å². The third-order valence-corrected chi connectivity index (χ3v) is 13.2. The summed E-state index contributed by atoms with van der Waals surface area (Å²) < 4.78 is 0. The molecule has 5 aromatic carbocycles. The number of Topliss-reactive ketones (excluding diaryl/α,β-unsaturated/α-hetero) is 1. The molecule has 47 heavy (non-hydrogen) atoms. The van der Waals surface area contributed by atoms with Crippen LogP contribution in [-0.2, 0) is 15.6 Å². The zero-order chi connectivity index (χ0) is 33.5. The molecule has 1 aliphatic heterocycles. The molecule has 0 aliphatic carbocycles. The van der Waals surface area contributed by atoms with E-state index in [0.717, 1.165) is 0 Å². The fourth-order valence-electron chi connectivity index (χ4n) is 7.71. The summed E-state index contributed by atoms with van der Waals surface area (Å²) in [5, 5.41) is 1.43. The predicted octanol–water partition coefficient (Wildman–Crippen LogP) is 12.2. The summed E-state index contributed by atoms with van der Waals surface area (Å²) >= 11 is 0. The highest BCUT2D eigenvalue weighted by molar-refractivity contribution is 7.67. The molecule has 2 heteroatoms. The van der Waals surface area contributed by atoms with Gasteiger partial charge in [0.15, 0.2) is 0 Å². The highest BCUT2D eigenvalue weighted by atomic mass is 31.1. The largest absolute Gasteiger partial charge is 0.300 e. The van der Waals surface area contributed by atoms with Crippen LogP contribution in [0.2, 0.25) is 0 Å². The van der Waals surface area contributed by atoms with Gasteiger partial charge in [0, 0.05) is 24.2 Å². The quantitative estimate of drug-likeness (QED) is 0.175. The van der Waals surface area contributed by atoms with E-state index in [1.165, 1.54) is 60.9 Å². The van der Waals surface area contributed by atoms with Crippen LogP contribution in [0.5, 0.6) is 0 Å². The molecule has 1 nitrogen and oxygen atoms in total. The Bertz CT molecular complexity index is 1780. The Morgan fingerprint density at radius 2 is 0.851 bits per heavy atom. The minimum atomic E-state index is -0.934. The summed E-state index contributed by atoms with van der Waals surface area (Å²) in [6, 6.07) is 42.6. The van der Waals surface area contributed by atoms with Gasteiger partial charge in [0.1, 0.15) is 5.78 Å². The van der Waals surface area contributed by atoms with Gasteiger partial charge in [0.2, 0.25) is 0 Å². The lowest BCUT2D eigenvalue weighted by Gasteiger charge is -2.44. The number of benzene rings is 5. The predicted molar refractivity (Wildman–Crippen MR) is 203 cm³/mol. The Balaban J connectivity index is 1.76. The lowest BCUT2D eigenvalue weighted by atomic mass is 9.81. The van der Waals surface area contributed by atoms with Crippen LogP contribution in [0.25, 0.3) is 22.3 Å². The standard InChI is InChI=1S/C45H49OP/c1-30-18-9-11-20-33(30)35-24-17-25-36(34-21-12-10-19-31(34)2)43(35)47-41(37-22-13-15-26-39(37)44(3,4)5)28-32(46)29-42(47)38-23-14-16-27-40(38)45(6,7)8/h9-27,41-42H,28-29H2,1-8H3. The first-order valence-corrected chi connectivity index (χ1v) is 18.6. The molecule has 0 spiro atoms. The van der Waals surface area contributed by atoms with Gasteiger partial charge in [-0.05, 0) is 85.6 Å². The van der Waals surface area contributed by atoms with Gasteiger partial charge in [0.25, 0.3) is 0 Å². The van der Waals surface area contributed by atoms with Crippen molar-refractivity contribution in [2.75, 3.05) is 0 Å². The Morgan fingerprint density at radius 3 is 1.26 bits per heavy atom. The summed E-state index contributed by atoms with van der Waals surface area (Å²) in [6.45, 7) is 18.3. The summed E-state index contributed by atoms with van der Waals surface area (Å²) in [6.07, 6.45) is 1.14. The van der Waals surface area contributed by atoms with Crippen molar-refractivity contribution in [2.45, 2.75) is 90.4 Å². The van der Waals surface area contributed by atoms with Crippen molar-refractivity contribution in [3.63, 3.8) is 0 Å². The van der Waals surface area contributed by atoms with Crippen LogP contribution < -0.4 is 5.30 Å². The molecular weight excluding hydrogens is 587 g/mol. The molecule has 5 aromatic rings. The summed E-state index contributed by atoms with van der Waals surface area (Å²) in [4.78, 5) is 14.2. The second-order valence-electron chi connectivity index (χ2n) is 15.4. The summed E-state index contributed by atoms with van der Waals surface area (Å²) in [5.41, 5.74) is 13.2. The van der Waals surface area contributed by atoms with Crippen molar-refractivity contribution in [2.24, 2.45) is 0 Å². The van der Waals surface area contributed by atoms with Crippen molar-refractivity contribution in [1.29, 1.82) is 0 Å². The third kappa shape index (κ3) is 6.53. The lowest BCUT2D eigenvalue weighted by Crippen LogP contribution is -2.29.